The summed E-state index contributed by atoms with van der Waals surface area (Å²) in [6, 6.07) is 0. The number of nitrogens with zero attached hydrogens (tertiary/aromatic N) is 1. The molecule has 0 bridgehead atoms. The summed E-state index contributed by atoms with van der Waals surface area (Å²) in [7, 11) is 0. The number of amides is 3. The van der Waals surface area contributed by atoms with E-state index in [9.17, 15) is 19.5 Å². The zero-order valence-corrected chi connectivity index (χ0v) is 10.3. The SMILES string of the molecule is CC(O)(CO)CNC(=O)CCN1C(=O)CCC1=O. The lowest BCUT2D eigenvalue weighted by atomic mass is 10.1. The fourth-order valence-corrected chi connectivity index (χ4v) is 1.52. The number of aliphatic hydroxyl groups excluding tert-OH is 1. The van der Waals surface area contributed by atoms with Gasteiger partial charge in [0.2, 0.25) is 17.7 Å². The van der Waals surface area contributed by atoms with Crippen LogP contribution in [0.5, 0.6) is 0 Å². The minimum absolute atomic E-state index is 0.00100. The van der Waals surface area contributed by atoms with Gasteiger partial charge in [-0.25, -0.2) is 0 Å². The van der Waals surface area contributed by atoms with E-state index in [1.807, 2.05) is 0 Å². The summed E-state index contributed by atoms with van der Waals surface area (Å²) in [6.45, 7) is 0.909. The Kier molecular flexibility index (Phi) is 4.80. The third-order valence-electron chi connectivity index (χ3n) is 2.72. The lowest BCUT2D eigenvalue weighted by Crippen LogP contribution is -2.44. The summed E-state index contributed by atoms with van der Waals surface area (Å²) in [6.07, 6.45) is 0.415. The van der Waals surface area contributed by atoms with Crippen LogP contribution in [0.4, 0.5) is 0 Å². The van der Waals surface area contributed by atoms with E-state index >= 15 is 0 Å². The predicted octanol–water partition coefficient (Wildman–Crippen LogP) is -1.61. The zero-order chi connectivity index (χ0) is 13.8. The Morgan fingerprint density at radius 3 is 2.44 bits per heavy atom. The summed E-state index contributed by atoms with van der Waals surface area (Å²) < 4.78 is 0. The summed E-state index contributed by atoms with van der Waals surface area (Å²) in [4.78, 5) is 35.0. The Morgan fingerprint density at radius 2 is 1.94 bits per heavy atom. The summed E-state index contributed by atoms with van der Waals surface area (Å²) in [5, 5.41) is 20.7. The van der Waals surface area contributed by atoms with Crippen molar-refractivity contribution in [1.29, 1.82) is 0 Å². The Hall–Kier alpha value is -1.47. The summed E-state index contributed by atoms with van der Waals surface area (Å²) in [5.74, 6) is -0.887. The fourth-order valence-electron chi connectivity index (χ4n) is 1.52. The lowest BCUT2D eigenvalue weighted by Gasteiger charge is -2.21. The molecule has 0 saturated carbocycles. The third kappa shape index (κ3) is 4.08. The monoisotopic (exact) mass is 258 g/mol. The second-order valence-corrected chi connectivity index (χ2v) is 4.62. The molecule has 1 unspecified atom stereocenters. The van der Waals surface area contributed by atoms with Crippen LogP contribution in [0.1, 0.15) is 26.2 Å². The van der Waals surface area contributed by atoms with Crippen molar-refractivity contribution in [1.82, 2.24) is 10.2 Å². The van der Waals surface area contributed by atoms with E-state index in [0.717, 1.165) is 4.90 Å². The molecule has 0 spiro atoms. The van der Waals surface area contributed by atoms with E-state index in [-0.39, 0.29) is 50.1 Å². The summed E-state index contributed by atoms with van der Waals surface area (Å²) in [5.41, 5.74) is -1.37. The van der Waals surface area contributed by atoms with Crippen LogP contribution in [0.25, 0.3) is 0 Å². The molecule has 0 aromatic heterocycles. The second-order valence-electron chi connectivity index (χ2n) is 4.62. The number of nitrogens with one attached hydrogen (secondary N) is 1. The highest BCUT2D eigenvalue weighted by Crippen LogP contribution is 2.11. The highest BCUT2D eigenvalue weighted by atomic mass is 16.3. The Morgan fingerprint density at radius 1 is 1.39 bits per heavy atom. The van der Waals surface area contributed by atoms with Gasteiger partial charge in [0.1, 0.15) is 5.60 Å². The van der Waals surface area contributed by atoms with Crippen LogP contribution in [0, 0.1) is 0 Å². The highest BCUT2D eigenvalue weighted by molar-refractivity contribution is 6.02. The maximum absolute atomic E-state index is 11.4. The average Bonchev–Trinajstić information content (AvgIpc) is 2.64. The van der Waals surface area contributed by atoms with Crippen molar-refractivity contribution in [3.05, 3.63) is 0 Å². The van der Waals surface area contributed by atoms with Gasteiger partial charge in [0.15, 0.2) is 0 Å². The van der Waals surface area contributed by atoms with Gasteiger partial charge >= 0.3 is 0 Å². The molecule has 3 N–H and O–H groups in total. The molecule has 18 heavy (non-hydrogen) atoms. The highest BCUT2D eigenvalue weighted by Gasteiger charge is 2.29. The Bertz CT molecular complexity index is 337. The number of likely N-dealkylation sites (tertiary alicyclic amines) is 1. The second kappa shape index (κ2) is 5.92. The van der Waals surface area contributed by atoms with Gasteiger partial charge in [-0.15, -0.1) is 0 Å². The smallest absolute Gasteiger partial charge is 0.229 e. The van der Waals surface area contributed by atoms with Crippen LogP contribution in [0.2, 0.25) is 0 Å². The van der Waals surface area contributed by atoms with Crippen LogP contribution >= 0.6 is 0 Å². The van der Waals surface area contributed by atoms with Gasteiger partial charge in [-0.1, -0.05) is 0 Å². The van der Waals surface area contributed by atoms with Gasteiger partial charge in [0.25, 0.3) is 0 Å². The van der Waals surface area contributed by atoms with Crippen LogP contribution in [0.3, 0.4) is 0 Å². The average molecular weight is 258 g/mol. The molecular formula is C11H18N2O5. The van der Waals surface area contributed by atoms with Crippen LogP contribution in [-0.2, 0) is 14.4 Å². The lowest BCUT2D eigenvalue weighted by molar-refractivity contribution is -0.138. The molecule has 3 amide bonds. The molecule has 0 radical (unpaired) electrons. The normalized spacial score (nSPS) is 18.9. The maximum Gasteiger partial charge on any atom is 0.229 e. The van der Waals surface area contributed by atoms with Crippen LogP contribution in [0.15, 0.2) is 0 Å². The van der Waals surface area contributed by atoms with Gasteiger partial charge in [-0.3, -0.25) is 19.3 Å². The van der Waals surface area contributed by atoms with E-state index in [1.54, 1.807) is 0 Å². The molecule has 1 fully saturated rings. The van der Waals surface area contributed by atoms with Gasteiger partial charge in [0, 0.05) is 32.4 Å². The number of imide groups is 1. The maximum atomic E-state index is 11.4. The van der Waals surface area contributed by atoms with Gasteiger partial charge in [-0.2, -0.15) is 0 Å². The van der Waals surface area contributed by atoms with E-state index in [4.69, 9.17) is 5.11 Å². The summed E-state index contributed by atoms with van der Waals surface area (Å²) >= 11 is 0. The molecule has 1 rings (SSSR count). The molecule has 1 heterocycles. The molecule has 0 aromatic rings. The number of hydrogen-bond donors (Lipinski definition) is 3. The molecule has 0 aromatic carbocycles. The van der Waals surface area contributed by atoms with Crippen molar-refractivity contribution < 1.29 is 24.6 Å². The topological polar surface area (TPSA) is 107 Å². The fraction of sp³-hybridized carbons (Fsp3) is 0.727. The van der Waals surface area contributed by atoms with Crippen molar-refractivity contribution in [2.24, 2.45) is 0 Å². The molecule has 1 saturated heterocycles. The van der Waals surface area contributed by atoms with Crippen molar-refractivity contribution >= 4 is 17.7 Å². The van der Waals surface area contributed by atoms with Crippen LogP contribution < -0.4 is 5.32 Å². The van der Waals surface area contributed by atoms with Crippen molar-refractivity contribution in [3.63, 3.8) is 0 Å². The van der Waals surface area contributed by atoms with E-state index in [2.05, 4.69) is 5.32 Å². The predicted molar refractivity (Wildman–Crippen MR) is 61.3 cm³/mol. The minimum atomic E-state index is -1.37. The molecule has 1 aliphatic heterocycles. The quantitative estimate of drug-likeness (QED) is 0.497. The minimum Gasteiger partial charge on any atom is -0.393 e. The largest absolute Gasteiger partial charge is 0.393 e. The van der Waals surface area contributed by atoms with Crippen LogP contribution in [-0.4, -0.2) is 58.1 Å². The van der Waals surface area contributed by atoms with E-state index in [1.165, 1.54) is 6.92 Å². The van der Waals surface area contributed by atoms with Gasteiger partial charge < -0.3 is 15.5 Å². The van der Waals surface area contributed by atoms with Crippen molar-refractivity contribution in [2.75, 3.05) is 19.7 Å². The molecule has 102 valence electrons. The molecule has 7 heteroatoms. The molecule has 1 aliphatic rings. The first-order valence-corrected chi connectivity index (χ1v) is 5.79. The first-order chi connectivity index (χ1) is 8.35. The van der Waals surface area contributed by atoms with Crippen molar-refractivity contribution in [2.45, 2.75) is 31.8 Å². The molecule has 0 aliphatic carbocycles. The molecule has 7 nitrogen and oxygen atoms in total. The van der Waals surface area contributed by atoms with Gasteiger partial charge in [0.05, 0.1) is 6.61 Å². The number of hydrogen-bond acceptors (Lipinski definition) is 5. The first kappa shape index (κ1) is 14.6. The Balaban J connectivity index is 2.29. The first-order valence-electron chi connectivity index (χ1n) is 5.79. The third-order valence-corrected chi connectivity index (χ3v) is 2.72. The number of carbonyl (C=O) groups is 3. The number of rotatable bonds is 6. The molecule has 1 atom stereocenters. The van der Waals surface area contributed by atoms with E-state index < -0.39 is 12.2 Å². The van der Waals surface area contributed by atoms with Crippen molar-refractivity contribution in [3.8, 4) is 0 Å². The number of aliphatic hydroxyl groups is 2. The molecular weight excluding hydrogens is 240 g/mol. The Labute approximate surface area is 105 Å². The number of carbonyl (C=O) groups excluding carboxylic acids is 3. The van der Waals surface area contributed by atoms with Gasteiger partial charge in [-0.05, 0) is 6.92 Å². The zero-order valence-electron chi connectivity index (χ0n) is 10.3. The van der Waals surface area contributed by atoms with E-state index in [0.29, 0.717) is 0 Å². The standard InChI is InChI=1S/C11H18N2O5/c1-11(18,7-14)6-12-8(15)4-5-13-9(16)2-3-10(13)17/h14,18H,2-7H2,1H3,(H,12,15).